The fourth-order valence-electron chi connectivity index (χ4n) is 3.69. The molecule has 2 aliphatic rings. The summed E-state index contributed by atoms with van der Waals surface area (Å²) in [6, 6.07) is 2.79. The first kappa shape index (κ1) is 20.0. The molecule has 1 spiro atoms. The van der Waals surface area contributed by atoms with Gasteiger partial charge in [0.05, 0.1) is 5.56 Å². The van der Waals surface area contributed by atoms with Crippen LogP contribution in [0.4, 0.5) is 13.2 Å². The highest BCUT2D eigenvalue weighted by Crippen LogP contribution is 2.64. The topological polar surface area (TPSA) is 124 Å². The minimum atomic E-state index is -4.44. The van der Waals surface area contributed by atoms with Crippen molar-refractivity contribution in [2.75, 3.05) is 19.7 Å². The number of aromatic nitrogens is 3. The van der Waals surface area contributed by atoms with E-state index in [0.29, 0.717) is 37.3 Å². The molecule has 1 saturated heterocycles. The second kappa shape index (κ2) is 6.92. The van der Waals surface area contributed by atoms with Crippen molar-refractivity contribution in [2.45, 2.75) is 31.4 Å². The van der Waals surface area contributed by atoms with E-state index in [0.717, 1.165) is 6.42 Å². The lowest BCUT2D eigenvalue weighted by atomic mass is 9.92. The third kappa shape index (κ3) is 4.36. The summed E-state index contributed by atoms with van der Waals surface area (Å²) in [7, 11) is -3.67. The van der Waals surface area contributed by atoms with E-state index in [4.69, 9.17) is 9.66 Å². The predicted molar refractivity (Wildman–Crippen MR) is 92.8 cm³/mol. The lowest BCUT2D eigenvalue weighted by Gasteiger charge is -2.30. The summed E-state index contributed by atoms with van der Waals surface area (Å²) in [6.07, 6.45) is -0.953. The van der Waals surface area contributed by atoms with Gasteiger partial charge in [0.15, 0.2) is 12.4 Å². The first-order chi connectivity index (χ1) is 13.6. The number of rotatable bonds is 5. The van der Waals surface area contributed by atoms with Crippen LogP contribution in [0.2, 0.25) is 0 Å². The van der Waals surface area contributed by atoms with Crippen molar-refractivity contribution in [3.63, 3.8) is 0 Å². The molecule has 29 heavy (non-hydrogen) atoms. The molecule has 1 saturated carbocycles. The van der Waals surface area contributed by atoms with E-state index in [9.17, 15) is 21.6 Å². The number of piperidine rings is 1. The van der Waals surface area contributed by atoms with Crippen LogP contribution in [-0.2, 0) is 10.2 Å². The SMILES string of the molecule is NS(=O)(=O)N1CCC2(CC1)C[C@H]2c1noc(-c2ccc(OCC(F)(F)F)nc2)n1. The Morgan fingerprint density at radius 1 is 1.31 bits per heavy atom. The molecule has 0 radical (unpaired) electrons. The van der Waals surface area contributed by atoms with Gasteiger partial charge in [0, 0.05) is 31.3 Å². The van der Waals surface area contributed by atoms with Crippen LogP contribution in [0.1, 0.15) is 31.0 Å². The predicted octanol–water partition coefficient (Wildman–Crippen LogP) is 1.85. The largest absolute Gasteiger partial charge is 0.468 e. The minimum absolute atomic E-state index is 0.0458. The quantitative estimate of drug-likeness (QED) is 0.763. The number of hydrogen-bond acceptors (Lipinski definition) is 7. The van der Waals surface area contributed by atoms with Crippen LogP contribution in [0, 0.1) is 5.41 Å². The van der Waals surface area contributed by atoms with Gasteiger partial charge in [0.25, 0.3) is 16.1 Å². The second-order valence-electron chi connectivity index (χ2n) is 7.31. The zero-order chi connectivity index (χ0) is 20.9. The standard InChI is InChI=1S/C16H18F3N5O4S/c17-16(18,19)9-27-12-2-1-10(8-21-12)14-22-13(23-28-14)11-7-15(11)3-5-24(6-4-15)29(20,25)26/h1-2,8,11H,3-7,9H2,(H2,20,25,26)/t11-/m0/s1. The maximum absolute atomic E-state index is 12.2. The molecule has 13 heteroatoms. The molecule has 2 aromatic rings. The average molecular weight is 433 g/mol. The van der Waals surface area contributed by atoms with Crippen LogP contribution in [-0.4, -0.2) is 53.7 Å². The summed E-state index contributed by atoms with van der Waals surface area (Å²) in [4.78, 5) is 8.20. The molecule has 158 valence electrons. The Hall–Kier alpha value is -2.25. The molecule has 1 aliphatic carbocycles. The first-order valence-corrected chi connectivity index (χ1v) is 10.3. The van der Waals surface area contributed by atoms with Gasteiger partial charge in [-0.25, -0.2) is 10.1 Å². The van der Waals surface area contributed by atoms with Gasteiger partial charge in [0.1, 0.15) is 0 Å². The summed E-state index contributed by atoms with van der Waals surface area (Å²) in [6.45, 7) is -0.691. The minimum Gasteiger partial charge on any atom is -0.468 e. The lowest BCUT2D eigenvalue weighted by Crippen LogP contribution is -2.43. The van der Waals surface area contributed by atoms with Crippen molar-refractivity contribution < 1.29 is 30.8 Å². The van der Waals surface area contributed by atoms with Gasteiger partial charge >= 0.3 is 6.18 Å². The molecule has 0 aromatic carbocycles. The third-order valence-electron chi connectivity index (χ3n) is 5.39. The monoisotopic (exact) mass is 433 g/mol. The molecule has 0 bridgehead atoms. The third-order valence-corrected chi connectivity index (χ3v) is 6.47. The molecule has 2 aromatic heterocycles. The smallest absolute Gasteiger partial charge is 0.422 e. The molecule has 0 unspecified atom stereocenters. The number of alkyl halides is 3. The summed E-state index contributed by atoms with van der Waals surface area (Å²) in [5, 5.41) is 9.18. The Balaban J connectivity index is 1.39. The maximum Gasteiger partial charge on any atom is 0.422 e. The summed E-state index contributed by atoms with van der Waals surface area (Å²) in [5.41, 5.74) is 0.414. The molecule has 2 fully saturated rings. The number of hydrogen-bond donors (Lipinski definition) is 1. The van der Waals surface area contributed by atoms with Crippen LogP contribution in [0.15, 0.2) is 22.9 Å². The van der Waals surface area contributed by atoms with E-state index in [2.05, 4.69) is 19.9 Å². The van der Waals surface area contributed by atoms with E-state index in [1.165, 1.54) is 22.6 Å². The van der Waals surface area contributed by atoms with E-state index < -0.39 is 23.0 Å². The van der Waals surface area contributed by atoms with Gasteiger partial charge in [-0.05, 0) is 30.7 Å². The van der Waals surface area contributed by atoms with Crippen molar-refractivity contribution in [3.8, 4) is 17.3 Å². The highest BCUT2D eigenvalue weighted by molar-refractivity contribution is 7.86. The Morgan fingerprint density at radius 2 is 2.03 bits per heavy atom. The molecular weight excluding hydrogens is 415 g/mol. The lowest BCUT2D eigenvalue weighted by molar-refractivity contribution is -0.154. The Morgan fingerprint density at radius 3 is 2.62 bits per heavy atom. The number of pyridine rings is 1. The van der Waals surface area contributed by atoms with Crippen LogP contribution in [0.25, 0.3) is 11.5 Å². The number of ether oxygens (including phenoxy) is 1. The summed E-state index contributed by atoms with van der Waals surface area (Å²) >= 11 is 0. The molecule has 3 heterocycles. The van der Waals surface area contributed by atoms with Crippen molar-refractivity contribution in [1.29, 1.82) is 0 Å². The fraction of sp³-hybridized carbons (Fsp3) is 0.562. The Labute approximate surface area is 164 Å². The zero-order valence-electron chi connectivity index (χ0n) is 15.1. The van der Waals surface area contributed by atoms with Crippen LogP contribution in [0.5, 0.6) is 5.88 Å². The van der Waals surface area contributed by atoms with E-state index in [1.54, 1.807) is 0 Å². The highest BCUT2D eigenvalue weighted by Gasteiger charge is 2.58. The number of nitrogens with two attached hydrogens (primary N) is 1. The van der Waals surface area contributed by atoms with Gasteiger partial charge in [-0.15, -0.1) is 0 Å². The van der Waals surface area contributed by atoms with Crippen molar-refractivity contribution in [3.05, 3.63) is 24.2 Å². The van der Waals surface area contributed by atoms with Crippen LogP contribution in [0.3, 0.4) is 0 Å². The molecule has 4 rings (SSSR count). The molecular formula is C16H18F3N5O4S. The van der Waals surface area contributed by atoms with Crippen molar-refractivity contribution in [1.82, 2.24) is 19.4 Å². The Kier molecular flexibility index (Phi) is 4.78. The van der Waals surface area contributed by atoms with E-state index in [-0.39, 0.29) is 23.1 Å². The van der Waals surface area contributed by atoms with Gasteiger partial charge in [-0.3, -0.25) is 0 Å². The van der Waals surface area contributed by atoms with E-state index in [1.807, 2.05) is 0 Å². The maximum atomic E-state index is 12.2. The number of nitrogens with zero attached hydrogens (tertiary/aromatic N) is 4. The van der Waals surface area contributed by atoms with Gasteiger partial charge in [0.2, 0.25) is 5.88 Å². The van der Waals surface area contributed by atoms with Crippen molar-refractivity contribution >= 4 is 10.2 Å². The summed E-state index contributed by atoms with van der Waals surface area (Å²) in [5.74, 6) is 0.652. The normalized spacial score (nSPS) is 22.0. The van der Waals surface area contributed by atoms with E-state index >= 15 is 0 Å². The molecule has 9 nitrogen and oxygen atoms in total. The average Bonchev–Trinajstić information content (AvgIpc) is 3.12. The molecule has 2 N–H and O–H groups in total. The van der Waals surface area contributed by atoms with Gasteiger partial charge in [-0.1, -0.05) is 5.16 Å². The molecule has 1 atom stereocenters. The fourth-order valence-corrected chi connectivity index (χ4v) is 4.38. The van der Waals surface area contributed by atoms with Crippen LogP contribution >= 0.6 is 0 Å². The second-order valence-corrected chi connectivity index (χ2v) is 8.86. The van der Waals surface area contributed by atoms with Crippen LogP contribution < -0.4 is 9.88 Å². The number of halogens is 3. The summed E-state index contributed by atoms with van der Waals surface area (Å²) < 4.78 is 70.5. The first-order valence-electron chi connectivity index (χ1n) is 8.83. The zero-order valence-corrected chi connectivity index (χ0v) is 15.9. The molecule has 0 amide bonds. The Bertz CT molecular complexity index is 985. The highest BCUT2D eigenvalue weighted by atomic mass is 32.2. The van der Waals surface area contributed by atoms with Gasteiger partial charge in [-0.2, -0.15) is 30.9 Å². The van der Waals surface area contributed by atoms with Gasteiger partial charge < -0.3 is 9.26 Å². The molecule has 1 aliphatic heterocycles. The van der Waals surface area contributed by atoms with Crippen molar-refractivity contribution in [2.24, 2.45) is 10.6 Å².